The Balaban J connectivity index is 2.24. The van der Waals surface area contributed by atoms with E-state index in [0.717, 1.165) is 12.1 Å². The second kappa shape index (κ2) is 7.25. The van der Waals surface area contributed by atoms with Gasteiger partial charge in [-0.2, -0.15) is 0 Å². The maximum Gasteiger partial charge on any atom is 0.115 e. The van der Waals surface area contributed by atoms with Crippen LogP contribution in [0.25, 0.3) is 0 Å². The van der Waals surface area contributed by atoms with Crippen molar-refractivity contribution in [1.82, 2.24) is 10.2 Å². The van der Waals surface area contributed by atoms with Crippen molar-refractivity contribution in [2.75, 3.05) is 20.6 Å². The quantitative estimate of drug-likeness (QED) is 0.856. The van der Waals surface area contributed by atoms with Crippen molar-refractivity contribution in [2.45, 2.75) is 19.0 Å². The van der Waals surface area contributed by atoms with Crippen LogP contribution in [0.15, 0.2) is 54.6 Å². The van der Waals surface area contributed by atoms with E-state index in [1.807, 2.05) is 18.2 Å². The molecular formula is C18H24N2O. The van der Waals surface area contributed by atoms with E-state index >= 15 is 0 Å². The minimum Gasteiger partial charge on any atom is -0.508 e. The van der Waals surface area contributed by atoms with Crippen molar-refractivity contribution >= 4 is 0 Å². The van der Waals surface area contributed by atoms with Crippen LogP contribution in [0.4, 0.5) is 0 Å². The zero-order valence-corrected chi connectivity index (χ0v) is 13.0. The first-order valence-corrected chi connectivity index (χ1v) is 7.31. The van der Waals surface area contributed by atoms with E-state index in [-0.39, 0.29) is 6.04 Å². The normalized spacial score (nSPS) is 14.1. The van der Waals surface area contributed by atoms with Crippen molar-refractivity contribution in [3.05, 3.63) is 65.7 Å². The van der Waals surface area contributed by atoms with Gasteiger partial charge in [-0.1, -0.05) is 42.5 Å². The second-order valence-corrected chi connectivity index (χ2v) is 5.77. The van der Waals surface area contributed by atoms with Crippen LogP contribution in [0.1, 0.15) is 24.1 Å². The first kappa shape index (κ1) is 15.5. The van der Waals surface area contributed by atoms with Gasteiger partial charge in [0.05, 0.1) is 6.04 Å². The molecular weight excluding hydrogens is 260 g/mol. The molecule has 3 heteroatoms. The Hall–Kier alpha value is -1.84. The number of hydrogen-bond donors (Lipinski definition) is 2. The molecule has 21 heavy (non-hydrogen) atoms. The standard InChI is InChI=1S/C18H24N2O/c1-14(13-20(2)3)19-18(15-7-5-4-6-8-15)16-9-11-17(21)12-10-16/h4-12,14,18-19,21H,13H2,1-3H3. The van der Waals surface area contributed by atoms with Crippen LogP contribution in [-0.4, -0.2) is 36.7 Å². The molecule has 2 unspecified atom stereocenters. The van der Waals surface area contributed by atoms with Gasteiger partial charge in [-0.05, 0) is 44.3 Å². The van der Waals surface area contributed by atoms with E-state index in [9.17, 15) is 5.11 Å². The molecule has 112 valence electrons. The van der Waals surface area contributed by atoms with Crippen LogP contribution in [0, 0.1) is 0 Å². The molecule has 0 spiro atoms. The molecule has 0 saturated carbocycles. The lowest BCUT2D eigenvalue weighted by molar-refractivity contribution is 0.339. The lowest BCUT2D eigenvalue weighted by Gasteiger charge is -2.26. The molecule has 2 rings (SSSR count). The van der Waals surface area contributed by atoms with Crippen molar-refractivity contribution < 1.29 is 5.11 Å². The summed E-state index contributed by atoms with van der Waals surface area (Å²) in [7, 11) is 4.16. The molecule has 0 saturated heterocycles. The Bertz CT molecular complexity index is 537. The van der Waals surface area contributed by atoms with Gasteiger partial charge in [0, 0.05) is 12.6 Å². The van der Waals surface area contributed by atoms with Gasteiger partial charge in [-0.3, -0.25) is 0 Å². The number of rotatable bonds is 6. The van der Waals surface area contributed by atoms with Crippen molar-refractivity contribution in [3.63, 3.8) is 0 Å². The Morgan fingerprint density at radius 2 is 1.52 bits per heavy atom. The summed E-state index contributed by atoms with van der Waals surface area (Å²) >= 11 is 0. The lowest BCUT2D eigenvalue weighted by Crippen LogP contribution is -2.38. The second-order valence-electron chi connectivity index (χ2n) is 5.77. The van der Waals surface area contributed by atoms with Gasteiger partial charge in [0.15, 0.2) is 0 Å². The molecule has 0 amide bonds. The number of hydrogen-bond acceptors (Lipinski definition) is 3. The first-order chi connectivity index (χ1) is 10.1. The van der Waals surface area contributed by atoms with Crippen LogP contribution in [0.2, 0.25) is 0 Å². The average Bonchev–Trinajstić information content (AvgIpc) is 2.46. The number of phenols is 1. The van der Waals surface area contributed by atoms with Gasteiger partial charge in [0.1, 0.15) is 5.75 Å². The number of benzene rings is 2. The summed E-state index contributed by atoms with van der Waals surface area (Å²) in [6.07, 6.45) is 0. The lowest BCUT2D eigenvalue weighted by atomic mass is 9.97. The Kier molecular flexibility index (Phi) is 5.37. The number of nitrogens with one attached hydrogen (secondary N) is 1. The van der Waals surface area contributed by atoms with Gasteiger partial charge in [-0.15, -0.1) is 0 Å². The summed E-state index contributed by atoms with van der Waals surface area (Å²) in [6, 6.07) is 18.3. The minimum atomic E-state index is 0.127. The molecule has 2 atom stereocenters. The number of phenolic OH excluding ortho intramolecular Hbond substituents is 1. The third-order valence-electron chi connectivity index (χ3n) is 3.45. The van der Waals surface area contributed by atoms with Crippen LogP contribution in [-0.2, 0) is 0 Å². The minimum absolute atomic E-state index is 0.127. The molecule has 0 radical (unpaired) electrons. The largest absolute Gasteiger partial charge is 0.508 e. The number of likely N-dealkylation sites (N-methyl/N-ethyl adjacent to an activating group) is 1. The topological polar surface area (TPSA) is 35.5 Å². The molecule has 2 N–H and O–H groups in total. The zero-order valence-electron chi connectivity index (χ0n) is 13.0. The molecule has 2 aromatic carbocycles. The molecule has 0 aliphatic rings. The fourth-order valence-electron chi connectivity index (χ4n) is 2.58. The summed E-state index contributed by atoms with van der Waals surface area (Å²) < 4.78 is 0. The smallest absolute Gasteiger partial charge is 0.115 e. The van der Waals surface area contributed by atoms with Gasteiger partial charge in [-0.25, -0.2) is 0 Å². The summed E-state index contributed by atoms with van der Waals surface area (Å²) in [4.78, 5) is 2.18. The van der Waals surface area contributed by atoms with Gasteiger partial charge in [0.2, 0.25) is 0 Å². The monoisotopic (exact) mass is 284 g/mol. The molecule has 3 nitrogen and oxygen atoms in total. The van der Waals surface area contributed by atoms with E-state index in [1.165, 1.54) is 5.56 Å². The van der Waals surface area contributed by atoms with Gasteiger partial charge < -0.3 is 15.3 Å². The van der Waals surface area contributed by atoms with Crippen LogP contribution in [0.3, 0.4) is 0 Å². The van der Waals surface area contributed by atoms with Crippen molar-refractivity contribution in [3.8, 4) is 5.75 Å². The summed E-state index contributed by atoms with van der Waals surface area (Å²) in [6.45, 7) is 3.16. The van der Waals surface area contributed by atoms with Gasteiger partial charge >= 0.3 is 0 Å². The van der Waals surface area contributed by atoms with Crippen LogP contribution >= 0.6 is 0 Å². The predicted octanol–water partition coefficient (Wildman–Crippen LogP) is 3.02. The SMILES string of the molecule is CC(CN(C)C)NC(c1ccccc1)c1ccc(O)cc1. The molecule has 0 heterocycles. The molecule has 0 bridgehead atoms. The van der Waals surface area contributed by atoms with Crippen LogP contribution < -0.4 is 5.32 Å². The highest BCUT2D eigenvalue weighted by atomic mass is 16.3. The average molecular weight is 284 g/mol. The third kappa shape index (κ3) is 4.59. The fourth-order valence-corrected chi connectivity index (χ4v) is 2.58. The van der Waals surface area contributed by atoms with Crippen molar-refractivity contribution in [2.24, 2.45) is 0 Å². The Labute approximate surface area is 127 Å². The summed E-state index contributed by atoms with van der Waals surface area (Å²) in [5.74, 6) is 0.298. The zero-order chi connectivity index (χ0) is 15.2. The maximum atomic E-state index is 9.48. The van der Waals surface area contributed by atoms with Gasteiger partial charge in [0.25, 0.3) is 0 Å². The highest BCUT2D eigenvalue weighted by Gasteiger charge is 2.16. The van der Waals surface area contributed by atoms with E-state index in [2.05, 4.69) is 55.5 Å². The highest BCUT2D eigenvalue weighted by Crippen LogP contribution is 2.24. The maximum absolute atomic E-state index is 9.48. The third-order valence-corrected chi connectivity index (χ3v) is 3.45. The predicted molar refractivity (Wildman–Crippen MR) is 87.5 cm³/mol. The Morgan fingerprint density at radius 3 is 2.10 bits per heavy atom. The molecule has 0 fully saturated rings. The fraction of sp³-hybridized carbons (Fsp3) is 0.333. The molecule has 2 aromatic rings. The van der Waals surface area contributed by atoms with E-state index in [1.54, 1.807) is 12.1 Å². The van der Waals surface area contributed by atoms with E-state index < -0.39 is 0 Å². The summed E-state index contributed by atoms with van der Waals surface area (Å²) in [5, 5.41) is 13.2. The first-order valence-electron chi connectivity index (χ1n) is 7.31. The summed E-state index contributed by atoms with van der Waals surface area (Å²) in [5.41, 5.74) is 2.39. The Morgan fingerprint density at radius 1 is 0.952 bits per heavy atom. The van der Waals surface area contributed by atoms with E-state index in [0.29, 0.717) is 11.8 Å². The number of aromatic hydroxyl groups is 1. The molecule has 0 aromatic heterocycles. The van der Waals surface area contributed by atoms with Crippen molar-refractivity contribution in [1.29, 1.82) is 0 Å². The molecule has 0 aliphatic heterocycles. The van der Waals surface area contributed by atoms with E-state index in [4.69, 9.17) is 0 Å². The van der Waals surface area contributed by atoms with Crippen LogP contribution in [0.5, 0.6) is 5.75 Å². The number of nitrogens with zero attached hydrogens (tertiary/aromatic N) is 1. The molecule has 0 aliphatic carbocycles. The highest BCUT2D eigenvalue weighted by molar-refractivity contribution is 5.35.